The van der Waals surface area contributed by atoms with Gasteiger partial charge in [-0.25, -0.2) is 4.98 Å². The zero-order chi connectivity index (χ0) is 15.5. The lowest BCUT2D eigenvalue weighted by molar-refractivity contribution is -0.380. The van der Waals surface area contributed by atoms with E-state index >= 15 is 0 Å². The number of nitrogens with zero attached hydrogens (tertiary/aromatic N) is 3. The van der Waals surface area contributed by atoms with E-state index < -0.39 is 4.92 Å². The smallest absolute Gasteiger partial charge is 0.324 e. The van der Waals surface area contributed by atoms with Gasteiger partial charge < -0.3 is 10.2 Å². The molecule has 0 saturated carbocycles. The molecule has 7 nitrogen and oxygen atoms in total. The number of hydrogen-bond acceptors (Lipinski definition) is 6. The van der Waals surface area contributed by atoms with Crippen molar-refractivity contribution < 1.29 is 9.72 Å². The van der Waals surface area contributed by atoms with Crippen LogP contribution in [0.4, 0.5) is 16.5 Å². The summed E-state index contributed by atoms with van der Waals surface area (Å²) in [6, 6.07) is 6.43. The molecule has 0 aliphatic carbocycles. The van der Waals surface area contributed by atoms with Crippen molar-refractivity contribution in [1.29, 1.82) is 0 Å². The molecule has 3 heterocycles. The first kappa shape index (κ1) is 14.5. The number of nitro groups is 1. The van der Waals surface area contributed by atoms with E-state index in [4.69, 9.17) is 0 Å². The highest BCUT2D eigenvalue weighted by molar-refractivity contribution is 7.17. The fraction of sp³-hybridized carbons (Fsp3) is 0.286. The summed E-state index contributed by atoms with van der Waals surface area (Å²) in [6.45, 7) is 2.07. The Morgan fingerprint density at radius 3 is 2.64 bits per heavy atom. The van der Waals surface area contributed by atoms with E-state index in [0.717, 1.165) is 30.1 Å². The van der Waals surface area contributed by atoms with Crippen molar-refractivity contribution in [1.82, 2.24) is 4.98 Å². The summed E-state index contributed by atoms with van der Waals surface area (Å²) in [6.07, 6.45) is 4.11. The van der Waals surface area contributed by atoms with Crippen molar-refractivity contribution in [3.05, 3.63) is 45.5 Å². The minimum Gasteiger partial charge on any atom is -0.370 e. The van der Waals surface area contributed by atoms with Crippen LogP contribution >= 0.6 is 11.3 Å². The van der Waals surface area contributed by atoms with Crippen LogP contribution in [0, 0.1) is 10.1 Å². The van der Waals surface area contributed by atoms with E-state index in [1.54, 1.807) is 12.3 Å². The molecule has 1 amide bonds. The van der Waals surface area contributed by atoms with Crippen molar-refractivity contribution >= 4 is 33.8 Å². The Morgan fingerprint density at radius 2 is 2.05 bits per heavy atom. The third-order valence-electron chi connectivity index (χ3n) is 3.46. The third kappa shape index (κ3) is 3.06. The van der Waals surface area contributed by atoms with Crippen molar-refractivity contribution in [3.8, 4) is 0 Å². The zero-order valence-electron chi connectivity index (χ0n) is 11.7. The number of aromatic nitrogens is 1. The molecule has 0 radical (unpaired) electrons. The molecule has 0 aromatic carbocycles. The van der Waals surface area contributed by atoms with Gasteiger partial charge in [-0.3, -0.25) is 14.9 Å². The predicted octanol–water partition coefficient (Wildman–Crippen LogP) is 2.90. The first-order valence-electron chi connectivity index (χ1n) is 6.90. The molecule has 0 bridgehead atoms. The monoisotopic (exact) mass is 318 g/mol. The number of thiophene rings is 1. The second-order valence-corrected chi connectivity index (χ2v) is 6.01. The van der Waals surface area contributed by atoms with Crippen molar-refractivity contribution in [2.45, 2.75) is 12.8 Å². The Kier molecular flexibility index (Phi) is 4.01. The Bertz CT molecular complexity index is 692. The molecular formula is C14H14N4O3S. The normalized spacial score (nSPS) is 14.1. The van der Waals surface area contributed by atoms with Gasteiger partial charge in [0, 0.05) is 19.2 Å². The van der Waals surface area contributed by atoms with Crippen LogP contribution in [0.3, 0.4) is 0 Å². The Morgan fingerprint density at radius 1 is 1.27 bits per heavy atom. The lowest BCUT2D eigenvalue weighted by atomic mass is 10.3. The van der Waals surface area contributed by atoms with Crippen LogP contribution in [0.15, 0.2) is 30.5 Å². The van der Waals surface area contributed by atoms with E-state index in [0.29, 0.717) is 5.82 Å². The van der Waals surface area contributed by atoms with E-state index in [1.807, 2.05) is 6.07 Å². The molecule has 1 aliphatic rings. The SMILES string of the molecule is O=C(Nc1ccc(N2CCCC2)cn1)c1ccc([N+](=O)[O-])s1. The third-order valence-corrected chi connectivity index (χ3v) is 4.49. The average Bonchev–Trinajstić information content (AvgIpc) is 3.20. The lowest BCUT2D eigenvalue weighted by Crippen LogP contribution is -2.18. The molecule has 2 aromatic heterocycles. The fourth-order valence-electron chi connectivity index (χ4n) is 2.35. The highest BCUT2D eigenvalue weighted by atomic mass is 32.1. The Hall–Kier alpha value is -2.48. The summed E-state index contributed by atoms with van der Waals surface area (Å²) < 4.78 is 0. The van der Waals surface area contributed by atoms with Crippen LogP contribution in [-0.2, 0) is 0 Å². The Labute approximate surface area is 130 Å². The van der Waals surface area contributed by atoms with E-state index in [9.17, 15) is 14.9 Å². The minimum atomic E-state index is -0.509. The van der Waals surface area contributed by atoms with Gasteiger partial charge in [-0.1, -0.05) is 11.3 Å². The summed E-state index contributed by atoms with van der Waals surface area (Å²) >= 11 is 0.845. The molecule has 3 rings (SSSR count). The molecular weight excluding hydrogens is 304 g/mol. The molecule has 0 spiro atoms. The quantitative estimate of drug-likeness (QED) is 0.691. The van der Waals surface area contributed by atoms with E-state index in [2.05, 4.69) is 15.2 Å². The summed E-state index contributed by atoms with van der Waals surface area (Å²) in [5, 5.41) is 13.2. The molecule has 114 valence electrons. The molecule has 1 saturated heterocycles. The maximum atomic E-state index is 12.0. The predicted molar refractivity (Wildman–Crippen MR) is 84.6 cm³/mol. The summed E-state index contributed by atoms with van der Waals surface area (Å²) in [7, 11) is 0. The van der Waals surface area contributed by atoms with Crippen LogP contribution in [0.5, 0.6) is 0 Å². The van der Waals surface area contributed by atoms with Gasteiger partial charge in [-0.2, -0.15) is 0 Å². The number of hydrogen-bond donors (Lipinski definition) is 1. The van der Waals surface area contributed by atoms with Crippen LogP contribution in [0.2, 0.25) is 0 Å². The second kappa shape index (κ2) is 6.10. The van der Waals surface area contributed by atoms with Crippen molar-refractivity contribution in [2.24, 2.45) is 0 Å². The number of carbonyl (C=O) groups excluding carboxylic acids is 1. The summed E-state index contributed by atoms with van der Waals surface area (Å²) in [4.78, 5) is 28.9. The van der Waals surface area contributed by atoms with Gasteiger partial charge in [0.25, 0.3) is 5.91 Å². The molecule has 2 aromatic rings. The number of anilines is 2. The van der Waals surface area contributed by atoms with Crippen LogP contribution in [-0.4, -0.2) is 28.9 Å². The fourth-order valence-corrected chi connectivity index (χ4v) is 3.06. The molecule has 22 heavy (non-hydrogen) atoms. The van der Waals surface area contributed by atoms with Gasteiger partial charge in [-0.05, 0) is 31.0 Å². The Balaban J connectivity index is 1.66. The molecule has 1 aliphatic heterocycles. The number of amides is 1. The van der Waals surface area contributed by atoms with Gasteiger partial charge >= 0.3 is 5.00 Å². The van der Waals surface area contributed by atoms with Gasteiger partial charge in [0.1, 0.15) is 5.82 Å². The standard InChI is InChI=1S/C14H14N4O3S/c19-14(11-4-6-13(22-11)18(20)21)16-12-5-3-10(9-15-12)17-7-1-2-8-17/h3-6,9H,1-2,7-8H2,(H,15,16,19). The number of pyridine rings is 1. The van der Waals surface area contributed by atoms with Gasteiger partial charge in [-0.15, -0.1) is 0 Å². The second-order valence-electron chi connectivity index (χ2n) is 4.94. The van der Waals surface area contributed by atoms with E-state index in [-0.39, 0.29) is 15.8 Å². The minimum absolute atomic E-state index is 0.0532. The van der Waals surface area contributed by atoms with Crippen LogP contribution in [0.1, 0.15) is 22.5 Å². The maximum Gasteiger partial charge on any atom is 0.324 e. The highest BCUT2D eigenvalue weighted by Gasteiger charge is 2.16. The number of rotatable bonds is 4. The van der Waals surface area contributed by atoms with Crippen molar-refractivity contribution in [2.75, 3.05) is 23.3 Å². The largest absolute Gasteiger partial charge is 0.370 e. The van der Waals surface area contributed by atoms with E-state index in [1.165, 1.54) is 25.0 Å². The lowest BCUT2D eigenvalue weighted by Gasteiger charge is -2.17. The van der Waals surface area contributed by atoms with Gasteiger partial charge in [0.15, 0.2) is 0 Å². The van der Waals surface area contributed by atoms with Gasteiger partial charge in [0.2, 0.25) is 0 Å². The average molecular weight is 318 g/mol. The topological polar surface area (TPSA) is 88.4 Å². The van der Waals surface area contributed by atoms with Gasteiger partial charge in [0.05, 0.1) is 21.7 Å². The molecule has 1 N–H and O–H groups in total. The summed E-state index contributed by atoms with van der Waals surface area (Å²) in [5.41, 5.74) is 1.04. The number of nitrogens with one attached hydrogen (secondary N) is 1. The molecule has 0 atom stereocenters. The highest BCUT2D eigenvalue weighted by Crippen LogP contribution is 2.25. The van der Waals surface area contributed by atoms with Crippen LogP contribution in [0.25, 0.3) is 0 Å². The van der Waals surface area contributed by atoms with Crippen molar-refractivity contribution in [3.63, 3.8) is 0 Å². The molecule has 1 fully saturated rings. The molecule has 8 heteroatoms. The molecule has 0 unspecified atom stereocenters. The summed E-state index contributed by atoms with van der Waals surface area (Å²) in [5.74, 6) is 0.0449. The maximum absolute atomic E-state index is 12.0. The first-order valence-corrected chi connectivity index (χ1v) is 7.72. The number of carbonyl (C=O) groups is 1. The zero-order valence-corrected chi connectivity index (χ0v) is 12.5. The first-order chi connectivity index (χ1) is 10.6. The van der Waals surface area contributed by atoms with Crippen LogP contribution < -0.4 is 10.2 Å².